The van der Waals surface area contributed by atoms with E-state index in [-0.39, 0.29) is 5.91 Å². The SMILES string of the molecule is CCOC(=O)c1ccccc1NC(=O)C1(N)CCCCC1. The molecule has 1 aliphatic carbocycles. The van der Waals surface area contributed by atoms with Crippen molar-refractivity contribution in [3.05, 3.63) is 29.8 Å². The van der Waals surface area contributed by atoms with Crippen LogP contribution in [0.1, 0.15) is 49.4 Å². The number of carbonyl (C=O) groups excluding carboxylic acids is 2. The molecule has 0 radical (unpaired) electrons. The molecule has 1 fully saturated rings. The molecule has 0 aromatic heterocycles. The summed E-state index contributed by atoms with van der Waals surface area (Å²) < 4.78 is 5.00. The number of esters is 1. The van der Waals surface area contributed by atoms with E-state index in [1.807, 2.05) is 0 Å². The minimum atomic E-state index is -0.833. The number of anilines is 1. The summed E-state index contributed by atoms with van der Waals surface area (Å²) >= 11 is 0. The Morgan fingerprint density at radius 1 is 1.24 bits per heavy atom. The molecule has 1 saturated carbocycles. The van der Waals surface area contributed by atoms with Gasteiger partial charge in [0.1, 0.15) is 0 Å². The van der Waals surface area contributed by atoms with E-state index < -0.39 is 11.5 Å². The Morgan fingerprint density at radius 3 is 2.57 bits per heavy atom. The van der Waals surface area contributed by atoms with Gasteiger partial charge in [-0.25, -0.2) is 4.79 Å². The molecule has 3 N–H and O–H groups in total. The zero-order chi connectivity index (χ0) is 15.3. The van der Waals surface area contributed by atoms with E-state index in [9.17, 15) is 9.59 Å². The van der Waals surface area contributed by atoms with E-state index in [1.54, 1.807) is 31.2 Å². The molecule has 0 spiro atoms. The van der Waals surface area contributed by atoms with Gasteiger partial charge in [0.15, 0.2) is 0 Å². The maximum atomic E-state index is 12.4. The van der Waals surface area contributed by atoms with Crippen molar-refractivity contribution >= 4 is 17.6 Å². The molecule has 1 aliphatic rings. The molecule has 1 aromatic rings. The fourth-order valence-electron chi connectivity index (χ4n) is 2.64. The van der Waals surface area contributed by atoms with E-state index in [1.165, 1.54) is 0 Å². The number of hydrogen-bond acceptors (Lipinski definition) is 4. The normalized spacial score (nSPS) is 17.0. The maximum absolute atomic E-state index is 12.4. The third-order valence-corrected chi connectivity index (χ3v) is 3.87. The lowest BCUT2D eigenvalue weighted by atomic mass is 9.82. The molecule has 21 heavy (non-hydrogen) atoms. The van der Waals surface area contributed by atoms with Crippen molar-refractivity contribution in [2.24, 2.45) is 5.73 Å². The summed E-state index contributed by atoms with van der Waals surface area (Å²) in [6.45, 7) is 2.04. The summed E-state index contributed by atoms with van der Waals surface area (Å²) in [6, 6.07) is 6.83. The van der Waals surface area contributed by atoms with Gasteiger partial charge < -0.3 is 15.8 Å². The Labute approximate surface area is 124 Å². The van der Waals surface area contributed by atoms with Crippen molar-refractivity contribution in [2.75, 3.05) is 11.9 Å². The van der Waals surface area contributed by atoms with Crippen LogP contribution in [0.2, 0.25) is 0 Å². The molecule has 0 unspecified atom stereocenters. The van der Waals surface area contributed by atoms with E-state index in [0.29, 0.717) is 30.7 Å². The highest BCUT2D eigenvalue weighted by Crippen LogP contribution is 2.28. The van der Waals surface area contributed by atoms with Crippen LogP contribution in [0.15, 0.2) is 24.3 Å². The summed E-state index contributed by atoms with van der Waals surface area (Å²) in [4.78, 5) is 24.3. The number of amides is 1. The van der Waals surface area contributed by atoms with Crippen molar-refractivity contribution < 1.29 is 14.3 Å². The van der Waals surface area contributed by atoms with Gasteiger partial charge >= 0.3 is 5.97 Å². The van der Waals surface area contributed by atoms with Crippen LogP contribution < -0.4 is 11.1 Å². The second kappa shape index (κ2) is 6.72. The largest absolute Gasteiger partial charge is 0.462 e. The Bertz CT molecular complexity index is 522. The first kappa shape index (κ1) is 15.5. The summed E-state index contributed by atoms with van der Waals surface area (Å²) in [5, 5.41) is 2.80. The summed E-state index contributed by atoms with van der Waals surface area (Å²) in [5.74, 6) is -0.665. The number of rotatable bonds is 4. The van der Waals surface area contributed by atoms with Crippen molar-refractivity contribution in [1.29, 1.82) is 0 Å². The van der Waals surface area contributed by atoms with Crippen molar-refractivity contribution in [3.63, 3.8) is 0 Å². The fraction of sp³-hybridized carbons (Fsp3) is 0.500. The molecule has 114 valence electrons. The number of para-hydroxylation sites is 1. The molecular weight excluding hydrogens is 268 g/mol. The average Bonchev–Trinajstić information content (AvgIpc) is 2.48. The Kier molecular flexibility index (Phi) is 4.96. The number of nitrogens with one attached hydrogen (secondary N) is 1. The third-order valence-electron chi connectivity index (χ3n) is 3.87. The lowest BCUT2D eigenvalue weighted by Gasteiger charge is -2.32. The highest BCUT2D eigenvalue weighted by molar-refractivity contribution is 6.04. The topological polar surface area (TPSA) is 81.4 Å². The fourth-order valence-corrected chi connectivity index (χ4v) is 2.64. The molecule has 2 rings (SSSR count). The highest BCUT2D eigenvalue weighted by atomic mass is 16.5. The second-order valence-corrected chi connectivity index (χ2v) is 5.44. The lowest BCUT2D eigenvalue weighted by Crippen LogP contribution is -2.52. The van der Waals surface area contributed by atoms with Gasteiger partial charge in [0.05, 0.1) is 23.4 Å². The zero-order valence-electron chi connectivity index (χ0n) is 12.4. The predicted molar refractivity (Wildman–Crippen MR) is 81.0 cm³/mol. The van der Waals surface area contributed by atoms with Gasteiger partial charge in [-0.2, -0.15) is 0 Å². The van der Waals surface area contributed by atoms with Gasteiger partial charge in [-0.05, 0) is 31.9 Å². The quantitative estimate of drug-likeness (QED) is 0.835. The summed E-state index contributed by atoms with van der Waals surface area (Å²) in [6.07, 6.45) is 4.40. The molecule has 0 saturated heterocycles. The molecule has 5 heteroatoms. The van der Waals surface area contributed by atoms with E-state index in [4.69, 9.17) is 10.5 Å². The number of hydrogen-bond donors (Lipinski definition) is 2. The zero-order valence-corrected chi connectivity index (χ0v) is 12.4. The number of ether oxygens (including phenoxy) is 1. The van der Waals surface area contributed by atoms with Crippen molar-refractivity contribution in [3.8, 4) is 0 Å². The van der Waals surface area contributed by atoms with Crippen LogP contribution in [0.25, 0.3) is 0 Å². The maximum Gasteiger partial charge on any atom is 0.340 e. The van der Waals surface area contributed by atoms with Gasteiger partial charge in [0.2, 0.25) is 5.91 Å². The van der Waals surface area contributed by atoms with Crippen LogP contribution in [0.4, 0.5) is 5.69 Å². The number of nitrogens with two attached hydrogens (primary N) is 1. The molecule has 0 atom stereocenters. The van der Waals surface area contributed by atoms with Crippen LogP contribution in [-0.2, 0) is 9.53 Å². The molecular formula is C16H22N2O3. The second-order valence-electron chi connectivity index (χ2n) is 5.44. The predicted octanol–water partition coefficient (Wildman–Crippen LogP) is 2.46. The van der Waals surface area contributed by atoms with Crippen LogP contribution in [0.5, 0.6) is 0 Å². The summed E-state index contributed by atoms with van der Waals surface area (Å²) in [7, 11) is 0. The molecule has 0 heterocycles. The Hall–Kier alpha value is -1.88. The van der Waals surface area contributed by atoms with E-state index in [2.05, 4.69) is 5.32 Å². The molecule has 0 aliphatic heterocycles. The van der Waals surface area contributed by atoms with Gasteiger partial charge in [0.25, 0.3) is 0 Å². The van der Waals surface area contributed by atoms with Crippen LogP contribution in [0.3, 0.4) is 0 Å². The number of carbonyl (C=O) groups is 2. The van der Waals surface area contributed by atoms with Gasteiger partial charge in [-0.15, -0.1) is 0 Å². The van der Waals surface area contributed by atoms with Crippen molar-refractivity contribution in [2.45, 2.75) is 44.6 Å². The van der Waals surface area contributed by atoms with E-state index >= 15 is 0 Å². The Balaban J connectivity index is 2.15. The third kappa shape index (κ3) is 3.61. The van der Waals surface area contributed by atoms with Gasteiger partial charge in [0, 0.05) is 0 Å². The smallest absolute Gasteiger partial charge is 0.340 e. The first-order valence-corrected chi connectivity index (χ1v) is 7.43. The monoisotopic (exact) mass is 290 g/mol. The van der Waals surface area contributed by atoms with Crippen LogP contribution >= 0.6 is 0 Å². The number of benzene rings is 1. The lowest BCUT2D eigenvalue weighted by molar-refractivity contribution is -0.122. The summed E-state index contributed by atoms with van der Waals surface area (Å²) in [5.41, 5.74) is 6.18. The molecule has 1 amide bonds. The standard InChI is InChI=1S/C16H22N2O3/c1-2-21-14(19)12-8-4-5-9-13(12)18-15(20)16(17)10-6-3-7-11-16/h4-5,8-9H,2-3,6-7,10-11,17H2,1H3,(H,18,20). The molecule has 0 bridgehead atoms. The van der Waals surface area contributed by atoms with Gasteiger partial charge in [-0.3, -0.25) is 4.79 Å². The van der Waals surface area contributed by atoms with E-state index in [0.717, 1.165) is 19.3 Å². The highest BCUT2D eigenvalue weighted by Gasteiger charge is 2.35. The van der Waals surface area contributed by atoms with Gasteiger partial charge in [-0.1, -0.05) is 31.4 Å². The van der Waals surface area contributed by atoms with Crippen molar-refractivity contribution in [1.82, 2.24) is 0 Å². The van der Waals surface area contributed by atoms with Crippen LogP contribution in [-0.4, -0.2) is 24.0 Å². The molecule has 1 aromatic carbocycles. The minimum Gasteiger partial charge on any atom is -0.462 e. The first-order chi connectivity index (χ1) is 10.1. The average molecular weight is 290 g/mol. The first-order valence-electron chi connectivity index (χ1n) is 7.43. The Morgan fingerprint density at radius 2 is 1.90 bits per heavy atom. The molecule has 5 nitrogen and oxygen atoms in total. The minimum absolute atomic E-state index is 0.223. The van der Waals surface area contributed by atoms with Crippen LogP contribution in [0, 0.1) is 0 Å².